The number of rotatable bonds is 5. The van der Waals surface area contributed by atoms with Crippen molar-refractivity contribution < 1.29 is 4.79 Å². The summed E-state index contributed by atoms with van der Waals surface area (Å²) < 4.78 is 0. The largest absolute Gasteiger partial charge is 0.372 e. The van der Waals surface area contributed by atoms with Gasteiger partial charge in [0.25, 0.3) is 5.91 Å². The van der Waals surface area contributed by atoms with Gasteiger partial charge in [-0.2, -0.15) is 0 Å². The molecule has 0 spiro atoms. The van der Waals surface area contributed by atoms with Crippen molar-refractivity contribution in [3.8, 4) is 0 Å². The number of nitrogens with one attached hydrogen (secondary N) is 1. The molecule has 0 aliphatic heterocycles. The fraction of sp³-hybridized carbons (Fsp3) is 0.250. The highest BCUT2D eigenvalue weighted by Gasteiger charge is 2.08. The summed E-state index contributed by atoms with van der Waals surface area (Å²) in [6.07, 6.45) is 1.51. The highest BCUT2D eigenvalue weighted by molar-refractivity contribution is 6.30. The van der Waals surface area contributed by atoms with Crippen molar-refractivity contribution in [1.82, 2.24) is 4.98 Å². The van der Waals surface area contributed by atoms with Gasteiger partial charge in [0.15, 0.2) is 0 Å². The molecule has 2 rings (SSSR count). The molecule has 0 radical (unpaired) electrons. The van der Waals surface area contributed by atoms with Gasteiger partial charge in [0.05, 0.1) is 0 Å². The van der Waals surface area contributed by atoms with Gasteiger partial charge in [-0.05, 0) is 50.2 Å². The van der Waals surface area contributed by atoms with E-state index in [-0.39, 0.29) is 5.91 Å². The second-order valence-electron chi connectivity index (χ2n) is 4.53. The predicted octanol–water partition coefficient (Wildman–Crippen LogP) is 3.83. The Morgan fingerprint density at radius 1 is 1.19 bits per heavy atom. The number of amides is 1. The fourth-order valence-electron chi connectivity index (χ4n) is 2.07. The van der Waals surface area contributed by atoms with Crippen LogP contribution in [0.25, 0.3) is 0 Å². The number of carbonyl (C=O) groups excluding carboxylic acids is 1. The Balaban J connectivity index is 2.08. The molecule has 1 N–H and O–H groups in total. The standard InChI is InChI=1S/C16H18ClN3O/c1-3-20(4-2)14-7-5-13(6-8-14)19-16(21)15-11-12(17)9-10-18-15/h5-11H,3-4H2,1-2H3,(H,19,21). The summed E-state index contributed by atoms with van der Waals surface area (Å²) in [5.41, 5.74) is 2.17. The smallest absolute Gasteiger partial charge is 0.274 e. The van der Waals surface area contributed by atoms with Gasteiger partial charge in [0, 0.05) is 35.7 Å². The van der Waals surface area contributed by atoms with Gasteiger partial charge in [0.2, 0.25) is 0 Å². The molecule has 1 amide bonds. The molecular formula is C16H18ClN3O. The first-order valence-corrected chi connectivity index (χ1v) is 7.29. The Labute approximate surface area is 129 Å². The summed E-state index contributed by atoms with van der Waals surface area (Å²) in [7, 11) is 0. The Kier molecular flexibility index (Phi) is 5.17. The number of anilines is 2. The van der Waals surface area contributed by atoms with Crippen molar-refractivity contribution >= 4 is 28.9 Å². The van der Waals surface area contributed by atoms with Crippen molar-refractivity contribution in [3.63, 3.8) is 0 Å². The molecule has 4 nitrogen and oxygen atoms in total. The minimum Gasteiger partial charge on any atom is -0.372 e. The average molecular weight is 304 g/mol. The van der Waals surface area contributed by atoms with E-state index in [1.165, 1.54) is 6.20 Å². The molecule has 1 aromatic carbocycles. The van der Waals surface area contributed by atoms with Crippen molar-refractivity contribution in [2.24, 2.45) is 0 Å². The number of hydrogen-bond donors (Lipinski definition) is 1. The maximum atomic E-state index is 12.1. The van der Waals surface area contributed by atoms with E-state index in [0.29, 0.717) is 10.7 Å². The van der Waals surface area contributed by atoms with Crippen LogP contribution in [0.15, 0.2) is 42.6 Å². The topological polar surface area (TPSA) is 45.2 Å². The summed E-state index contributed by atoms with van der Waals surface area (Å²) >= 11 is 5.85. The first-order chi connectivity index (χ1) is 10.1. The molecule has 0 bridgehead atoms. The Morgan fingerprint density at radius 2 is 1.86 bits per heavy atom. The molecule has 1 aromatic heterocycles. The van der Waals surface area contributed by atoms with E-state index in [0.717, 1.165) is 24.5 Å². The normalized spacial score (nSPS) is 10.2. The molecule has 0 aliphatic carbocycles. The van der Waals surface area contributed by atoms with Crippen LogP contribution in [0, 0.1) is 0 Å². The lowest BCUT2D eigenvalue weighted by Crippen LogP contribution is -2.21. The number of pyridine rings is 1. The Morgan fingerprint density at radius 3 is 2.43 bits per heavy atom. The summed E-state index contributed by atoms with van der Waals surface area (Å²) in [6, 6.07) is 10.9. The number of aromatic nitrogens is 1. The quantitative estimate of drug-likeness (QED) is 0.913. The second-order valence-corrected chi connectivity index (χ2v) is 4.97. The van der Waals surface area contributed by atoms with Gasteiger partial charge in [0.1, 0.15) is 5.69 Å². The molecule has 0 fully saturated rings. The number of benzene rings is 1. The van der Waals surface area contributed by atoms with Crippen LogP contribution >= 0.6 is 11.6 Å². The van der Waals surface area contributed by atoms with Gasteiger partial charge in [-0.3, -0.25) is 9.78 Å². The molecule has 0 aliphatic rings. The van der Waals surface area contributed by atoms with Gasteiger partial charge in [-0.25, -0.2) is 0 Å². The third kappa shape index (κ3) is 3.95. The minimum absolute atomic E-state index is 0.270. The van der Waals surface area contributed by atoms with Gasteiger partial charge >= 0.3 is 0 Å². The van der Waals surface area contributed by atoms with E-state index in [9.17, 15) is 4.79 Å². The predicted molar refractivity (Wildman–Crippen MR) is 87.2 cm³/mol. The van der Waals surface area contributed by atoms with E-state index in [1.807, 2.05) is 24.3 Å². The van der Waals surface area contributed by atoms with Crippen LogP contribution in [0.2, 0.25) is 5.02 Å². The van der Waals surface area contributed by atoms with Crippen LogP contribution in [0.1, 0.15) is 24.3 Å². The van der Waals surface area contributed by atoms with E-state index < -0.39 is 0 Å². The van der Waals surface area contributed by atoms with Crippen molar-refractivity contribution in [2.45, 2.75) is 13.8 Å². The molecule has 21 heavy (non-hydrogen) atoms. The molecule has 0 unspecified atom stereocenters. The zero-order chi connectivity index (χ0) is 15.2. The molecular weight excluding hydrogens is 286 g/mol. The van der Waals surface area contributed by atoms with Crippen LogP contribution in [-0.2, 0) is 0 Å². The van der Waals surface area contributed by atoms with Gasteiger partial charge < -0.3 is 10.2 Å². The SMILES string of the molecule is CCN(CC)c1ccc(NC(=O)c2cc(Cl)ccn2)cc1. The lowest BCUT2D eigenvalue weighted by Gasteiger charge is -2.21. The first-order valence-electron chi connectivity index (χ1n) is 6.92. The van der Waals surface area contributed by atoms with Crippen molar-refractivity contribution in [1.29, 1.82) is 0 Å². The lowest BCUT2D eigenvalue weighted by molar-refractivity contribution is 0.102. The molecule has 0 atom stereocenters. The van der Waals surface area contributed by atoms with Crippen LogP contribution in [0.4, 0.5) is 11.4 Å². The highest BCUT2D eigenvalue weighted by atomic mass is 35.5. The molecule has 110 valence electrons. The lowest BCUT2D eigenvalue weighted by atomic mass is 10.2. The monoisotopic (exact) mass is 303 g/mol. The van der Waals surface area contributed by atoms with E-state index in [4.69, 9.17) is 11.6 Å². The number of nitrogens with zero attached hydrogens (tertiary/aromatic N) is 2. The van der Waals surface area contributed by atoms with E-state index in [1.54, 1.807) is 12.1 Å². The van der Waals surface area contributed by atoms with Crippen LogP contribution in [0.5, 0.6) is 0 Å². The molecule has 5 heteroatoms. The van der Waals surface area contributed by atoms with Crippen molar-refractivity contribution in [3.05, 3.63) is 53.3 Å². The van der Waals surface area contributed by atoms with Gasteiger partial charge in [-0.15, -0.1) is 0 Å². The minimum atomic E-state index is -0.270. The van der Waals surface area contributed by atoms with E-state index >= 15 is 0 Å². The summed E-state index contributed by atoms with van der Waals surface area (Å²) in [6.45, 7) is 6.14. The van der Waals surface area contributed by atoms with Crippen LogP contribution < -0.4 is 10.2 Å². The maximum absolute atomic E-state index is 12.1. The zero-order valence-electron chi connectivity index (χ0n) is 12.1. The third-order valence-corrected chi connectivity index (χ3v) is 3.44. The van der Waals surface area contributed by atoms with Crippen LogP contribution in [0.3, 0.4) is 0 Å². The van der Waals surface area contributed by atoms with E-state index in [2.05, 4.69) is 29.0 Å². The Hall–Kier alpha value is -2.07. The summed E-state index contributed by atoms with van der Waals surface area (Å²) in [5.74, 6) is -0.270. The summed E-state index contributed by atoms with van der Waals surface area (Å²) in [5, 5.41) is 3.30. The van der Waals surface area contributed by atoms with Crippen LogP contribution in [-0.4, -0.2) is 24.0 Å². The fourth-order valence-corrected chi connectivity index (χ4v) is 2.23. The van der Waals surface area contributed by atoms with Gasteiger partial charge in [-0.1, -0.05) is 11.6 Å². The molecule has 0 saturated carbocycles. The molecule has 1 heterocycles. The molecule has 0 saturated heterocycles. The number of hydrogen-bond acceptors (Lipinski definition) is 3. The Bertz CT molecular complexity index is 609. The highest BCUT2D eigenvalue weighted by Crippen LogP contribution is 2.18. The summed E-state index contributed by atoms with van der Waals surface area (Å²) in [4.78, 5) is 18.3. The van der Waals surface area contributed by atoms with Crippen molar-refractivity contribution in [2.75, 3.05) is 23.3 Å². The number of halogens is 1. The maximum Gasteiger partial charge on any atom is 0.274 e. The third-order valence-electron chi connectivity index (χ3n) is 3.21. The zero-order valence-corrected chi connectivity index (χ0v) is 12.9. The molecule has 2 aromatic rings. The number of carbonyl (C=O) groups is 1. The second kappa shape index (κ2) is 7.09. The first kappa shape index (κ1) is 15.3. The average Bonchev–Trinajstić information content (AvgIpc) is 2.50.